The molecule has 5 heteroatoms. The number of hydrogen-bond acceptors (Lipinski definition) is 5. The molecule has 0 spiro atoms. The van der Waals surface area contributed by atoms with Crippen LogP contribution in [-0.2, 0) is 19.2 Å². The summed E-state index contributed by atoms with van der Waals surface area (Å²) in [5, 5.41) is 8.48. The lowest BCUT2D eigenvalue weighted by atomic mass is 10.0. The van der Waals surface area contributed by atoms with Gasteiger partial charge in [-0.1, -0.05) is 0 Å². The molecule has 1 N–H and O–H groups in total. The molecule has 0 saturated carbocycles. The smallest absolute Gasteiger partial charge is 0.198 e. The second-order valence-corrected chi connectivity index (χ2v) is 3.73. The highest BCUT2D eigenvalue weighted by Crippen LogP contribution is 2.04. The van der Waals surface area contributed by atoms with E-state index in [1.54, 1.807) is 6.29 Å². The van der Waals surface area contributed by atoms with Crippen molar-refractivity contribution in [1.29, 1.82) is 0 Å². The number of aliphatic hydroxyl groups excluding tert-OH is 1. The van der Waals surface area contributed by atoms with Crippen molar-refractivity contribution in [2.24, 2.45) is 0 Å². The molecule has 0 atom stereocenters. The number of carbonyl (C=O) groups excluding carboxylic acids is 4. The Morgan fingerprint density at radius 2 is 1.18 bits per heavy atom. The zero-order valence-corrected chi connectivity index (χ0v) is 9.74. The van der Waals surface area contributed by atoms with Gasteiger partial charge in [0.1, 0.15) is 17.3 Å². The van der Waals surface area contributed by atoms with Crippen LogP contribution >= 0.6 is 0 Å². The van der Waals surface area contributed by atoms with Crippen LogP contribution < -0.4 is 0 Å². The first-order chi connectivity index (χ1) is 8.10. The molecule has 0 heterocycles. The molecule has 17 heavy (non-hydrogen) atoms. The molecule has 0 amide bonds. The fourth-order valence-electron chi connectivity index (χ4n) is 1.25. The van der Waals surface area contributed by atoms with E-state index in [4.69, 9.17) is 5.11 Å². The Hall–Kier alpha value is -1.36. The monoisotopic (exact) mass is 241 g/mol. The van der Waals surface area contributed by atoms with Crippen molar-refractivity contribution in [2.45, 2.75) is 44.9 Å². The first-order valence-electron chi connectivity index (χ1n) is 5.61. The van der Waals surface area contributed by atoms with E-state index in [1.807, 2.05) is 0 Å². The number of Topliss-reactive ketones (excluding diaryl/α,β-unsaturated/α-hetero) is 3. The van der Waals surface area contributed by atoms with Crippen LogP contribution in [0.2, 0.25) is 0 Å². The van der Waals surface area contributed by atoms with Crippen LogP contribution in [0.1, 0.15) is 44.9 Å². The molecular formula is C12H17O5. The summed E-state index contributed by atoms with van der Waals surface area (Å²) in [6.45, 7) is -0.201. The molecule has 0 aromatic rings. The van der Waals surface area contributed by atoms with E-state index in [9.17, 15) is 19.2 Å². The third kappa shape index (κ3) is 9.56. The van der Waals surface area contributed by atoms with E-state index in [0.717, 1.165) is 0 Å². The van der Waals surface area contributed by atoms with Gasteiger partial charge >= 0.3 is 0 Å². The Bertz CT molecular complexity index is 283. The molecule has 0 fully saturated rings. The van der Waals surface area contributed by atoms with E-state index in [2.05, 4.69) is 0 Å². The molecule has 0 unspecified atom stereocenters. The van der Waals surface area contributed by atoms with Gasteiger partial charge in [0.25, 0.3) is 0 Å². The van der Waals surface area contributed by atoms with Crippen LogP contribution in [0.5, 0.6) is 0 Å². The van der Waals surface area contributed by atoms with E-state index >= 15 is 0 Å². The lowest BCUT2D eigenvalue weighted by Gasteiger charge is -2.00. The van der Waals surface area contributed by atoms with Crippen LogP contribution in [0.3, 0.4) is 0 Å². The third-order valence-electron chi connectivity index (χ3n) is 2.26. The van der Waals surface area contributed by atoms with E-state index in [0.29, 0.717) is 0 Å². The number of rotatable bonds is 11. The highest BCUT2D eigenvalue weighted by molar-refractivity contribution is 5.89. The van der Waals surface area contributed by atoms with E-state index in [-0.39, 0.29) is 68.9 Å². The topological polar surface area (TPSA) is 88.5 Å². The molecule has 0 aliphatic carbocycles. The van der Waals surface area contributed by atoms with Gasteiger partial charge in [-0.15, -0.1) is 0 Å². The van der Waals surface area contributed by atoms with Gasteiger partial charge in [-0.3, -0.25) is 19.2 Å². The summed E-state index contributed by atoms with van der Waals surface area (Å²) in [5.41, 5.74) is 0. The first kappa shape index (κ1) is 15.6. The molecule has 0 aliphatic rings. The number of carbonyl (C=O) groups is 3. The Kier molecular flexibility index (Phi) is 9.05. The maximum absolute atomic E-state index is 11.3. The van der Waals surface area contributed by atoms with Gasteiger partial charge in [0.15, 0.2) is 6.29 Å². The second-order valence-electron chi connectivity index (χ2n) is 3.73. The maximum Gasteiger partial charge on any atom is 0.198 e. The zero-order chi connectivity index (χ0) is 13.1. The van der Waals surface area contributed by atoms with Gasteiger partial charge < -0.3 is 5.11 Å². The second kappa shape index (κ2) is 9.84. The van der Waals surface area contributed by atoms with Crippen LogP contribution in [0.25, 0.3) is 0 Å². The van der Waals surface area contributed by atoms with Crippen LogP contribution in [-0.4, -0.2) is 35.3 Å². The molecule has 0 bridgehead atoms. The summed E-state index contributed by atoms with van der Waals surface area (Å²) in [4.78, 5) is 43.3. The molecule has 5 nitrogen and oxygen atoms in total. The zero-order valence-electron chi connectivity index (χ0n) is 9.74. The van der Waals surface area contributed by atoms with Crippen LogP contribution in [0.15, 0.2) is 0 Å². The number of aliphatic hydroxyl groups is 1. The molecular weight excluding hydrogens is 224 g/mol. The van der Waals surface area contributed by atoms with Gasteiger partial charge in [-0.05, 0) is 0 Å². The normalized spacial score (nSPS) is 9.94. The average molecular weight is 241 g/mol. The standard InChI is InChI=1S/C12H17O5/c13-8-1-2-10(15)3-4-11(16)5-6-12(17)7-9-14/h14H,1-7,9H2. The lowest BCUT2D eigenvalue weighted by Crippen LogP contribution is -2.08. The van der Waals surface area contributed by atoms with Crippen molar-refractivity contribution in [3.8, 4) is 0 Å². The predicted octanol–water partition coefficient (Wildman–Crippen LogP) is 0.526. The largest absolute Gasteiger partial charge is 0.396 e. The van der Waals surface area contributed by atoms with Crippen molar-refractivity contribution in [3.63, 3.8) is 0 Å². The van der Waals surface area contributed by atoms with Gasteiger partial charge in [0.2, 0.25) is 0 Å². The number of hydrogen-bond donors (Lipinski definition) is 1. The minimum absolute atomic E-state index is 0.0708. The third-order valence-corrected chi connectivity index (χ3v) is 2.26. The van der Waals surface area contributed by atoms with Crippen LogP contribution in [0.4, 0.5) is 0 Å². The Morgan fingerprint density at radius 3 is 1.59 bits per heavy atom. The van der Waals surface area contributed by atoms with Gasteiger partial charge in [-0.25, -0.2) is 0 Å². The van der Waals surface area contributed by atoms with Crippen molar-refractivity contribution < 1.29 is 24.3 Å². The highest BCUT2D eigenvalue weighted by Gasteiger charge is 2.09. The van der Waals surface area contributed by atoms with E-state index in [1.165, 1.54) is 0 Å². The predicted molar refractivity (Wildman–Crippen MR) is 60.1 cm³/mol. The summed E-state index contributed by atoms with van der Waals surface area (Å²) < 4.78 is 0. The van der Waals surface area contributed by atoms with Crippen molar-refractivity contribution in [1.82, 2.24) is 0 Å². The Balaban J connectivity index is 3.62. The fourth-order valence-corrected chi connectivity index (χ4v) is 1.25. The maximum atomic E-state index is 11.3. The van der Waals surface area contributed by atoms with Gasteiger partial charge in [0, 0.05) is 51.6 Å². The van der Waals surface area contributed by atoms with Crippen molar-refractivity contribution in [3.05, 3.63) is 0 Å². The Labute approximate surface area is 100 Å². The molecule has 0 aliphatic heterocycles. The first-order valence-corrected chi connectivity index (χ1v) is 5.61. The minimum Gasteiger partial charge on any atom is -0.396 e. The summed E-state index contributed by atoms with van der Waals surface area (Å²) in [7, 11) is 0. The SMILES string of the molecule is O=[C]CCC(=O)CCC(=O)CCC(=O)CCO. The molecule has 95 valence electrons. The lowest BCUT2D eigenvalue weighted by molar-refractivity contribution is -0.126. The van der Waals surface area contributed by atoms with Crippen molar-refractivity contribution >= 4 is 23.6 Å². The molecule has 0 rings (SSSR count). The summed E-state index contributed by atoms with van der Waals surface area (Å²) in [6.07, 6.45) is 2.36. The quantitative estimate of drug-likeness (QED) is 0.570. The molecule has 0 aromatic heterocycles. The summed E-state index contributed by atoms with van der Waals surface area (Å²) in [6, 6.07) is 0. The van der Waals surface area contributed by atoms with E-state index < -0.39 is 0 Å². The summed E-state index contributed by atoms with van der Waals surface area (Å²) >= 11 is 0. The highest BCUT2D eigenvalue weighted by atomic mass is 16.3. The fraction of sp³-hybridized carbons (Fsp3) is 0.667. The average Bonchev–Trinajstić information content (AvgIpc) is 2.31. The van der Waals surface area contributed by atoms with Crippen LogP contribution in [0, 0.1) is 0 Å². The Morgan fingerprint density at radius 1 is 0.765 bits per heavy atom. The molecule has 0 saturated heterocycles. The van der Waals surface area contributed by atoms with Gasteiger partial charge in [-0.2, -0.15) is 0 Å². The molecule has 0 aromatic carbocycles. The van der Waals surface area contributed by atoms with Crippen molar-refractivity contribution in [2.75, 3.05) is 6.61 Å². The summed E-state index contributed by atoms with van der Waals surface area (Å²) in [5.74, 6) is -0.425. The minimum atomic E-state index is -0.201. The molecule has 1 radical (unpaired) electrons. The number of ketones is 3. The van der Waals surface area contributed by atoms with Gasteiger partial charge in [0.05, 0.1) is 0 Å².